The minimum atomic E-state index is -0.500. The Labute approximate surface area is 113 Å². The normalized spacial score (nSPS) is 10.4. The van der Waals surface area contributed by atoms with Crippen LogP contribution in [0.4, 0.5) is 4.79 Å². The largest absolute Gasteiger partial charge is 0.469 e. The van der Waals surface area contributed by atoms with Crippen molar-refractivity contribution in [3.05, 3.63) is 0 Å². The molecule has 0 fully saturated rings. The van der Waals surface area contributed by atoms with Gasteiger partial charge in [0.2, 0.25) is 5.91 Å². The van der Waals surface area contributed by atoms with E-state index in [9.17, 15) is 14.4 Å². The molecule has 0 saturated carbocycles. The summed E-state index contributed by atoms with van der Waals surface area (Å²) in [5.41, 5.74) is 0. The Morgan fingerprint density at radius 3 is 2.42 bits per heavy atom. The minimum Gasteiger partial charge on any atom is -0.469 e. The highest BCUT2D eigenvalue weighted by Gasteiger charge is 2.11. The van der Waals surface area contributed by atoms with E-state index in [0.717, 1.165) is 0 Å². The molecule has 7 nitrogen and oxygen atoms in total. The maximum Gasteiger partial charge on any atom is 0.321 e. The van der Waals surface area contributed by atoms with E-state index in [1.807, 2.05) is 13.8 Å². The summed E-state index contributed by atoms with van der Waals surface area (Å²) in [7, 11) is 3.00. The first-order valence-corrected chi connectivity index (χ1v) is 6.18. The number of imide groups is 1. The van der Waals surface area contributed by atoms with E-state index in [4.69, 9.17) is 0 Å². The van der Waals surface area contributed by atoms with Crippen LogP contribution in [0.15, 0.2) is 0 Å². The van der Waals surface area contributed by atoms with Crippen LogP contribution >= 0.6 is 0 Å². The molecule has 0 aromatic heterocycles. The molecule has 0 aliphatic rings. The standard InChI is InChI=1S/C12H23N3O4/c1-9(2)7-13-12(18)14-10(16)8-15(3)6-5-11(17)19-4/h9H,5-8H2,1-4H3,(H2,13,14,16,18). The number of amides is 3. The van der Waals surface area contributed by atoms with Crippen LogP contribution in [-0.4, -0.2) is 56.6 Å². The van der Waals surface area contributed by atoms with Gasteiger partial charge in [-0.15, -0.1) is 0 Å². The van der Waals surface area contributed by atoms with Gasteiger partial charge in [0.25, 0.3) is 0 Å². The predicted octanol–water partition coefficient (Wildman–Crippen LogP) is -0.0369. The number of carbonyl (C=O) groups excluding carboxylic acids is 3. The number of esters is 1. The summed E-state index contributed by atoms with van der Waals surface area (Å²) in [6, 6.07) is -0.500. The molecule has 0 saturated heterocycles. The van der Waals surface area contributed by atoms with E-state index in [0.29, 0.717) is 19.0 Å². The van der Waals surface area contributed by atoms with E-state index in [2.05, 4.69) is 15.4 Å². The zero-order valence-corrected chi connectivity index (χ0v) is 12.0. The first-order valence-electron chi connectivity index (χ1n) is 6.18. The first kappa shape index (κ1) is 17.4. The first-order chi connectivity index (χ1) is 8.85. The van der Waals surface area contributed by atoms with Gasteiger partial charge in [0.1, 0.15) is 0 Å². The number of hydrogen-bond donors (Lipinski definition) is 2. The Bertz CT molecular complexity index is 318. The smallest absolute Gasteiger partial charge is 0.321 e. The van der Waals surface area contributed by atoms with E-state index >= 15 is 0 Å². The number of urea groups is 1. The molecule has 3 amide bonds. The summed E-state index contributed by atoms with van der Waals surface area (Å²) >= 11 is 0. The second-order valence-electron chi connectivity index (χ2n) is 4.72. The fourth-order valence-electron chi connectivity index (χ4n) is 1.22. The molecule has 0 unspecified atom stereocenters. The van der Waals surface area contributed by atoms with Crippen LogP contribution in [-0.2, 0) is 14.3 Å². The van der Waals surface area contributed by atoms with Crippen molar-refractivity contribution >= 4 is 17.9 Å². The van der Waals surface area contributed by atoms with Gasteiger partial charge in [-0.1, -0.05) is 13.8 Å². The molecule has 0 heterocycles. The molecule has 2 N–H and O–H groups in total. The van der Waals surface area contributed by atoms with Crippen LogP contribution in [0.1, 0.15) is 20.3 Å². The summed E-state index contributed by atoms with van der Waals surface area (Å²) in [5, 5.41) is 4.80. The highest BCUT2D eigenvalue weighted by molar-refractivity contribution is 5.95. The molecular formula is C12H23N3O4. The number of likely N-dealkylation sites (N-methyl/N-ethyl adjacent to an activating group) is 1. The zero-order chi connectivity index (χ0) is 14.8. The number of ether oxygens (including phenoxy) is 1. The number of methoxy groups -OCH3 is 1. The van der Waals surface area contributed by atoms with Crippen molar-refractivity contribution in [2.45, 2.75) is 20.3 Å². The molecule has 0 aliphatic heterocycles. The molecule has 0 spiro atoms. The quantitative estimate of drug-likeness (QED) is 0.636. The number of nitrogens with zero attached hydrogens (tertiary/aromatic N) is 1. The topological polar surface area (TPSA) is 87.7 Å². The van der Waals surface area contributed by atoms with E-state index < -0.39 is 11.9 Å². The van der Waals surface area contributed by atoms with Crippen LogP contribution in [0.3, 0.4) is 0 Å². The van der Waals surface area contributed by atoms with Gasteiger partial charge in [-0.2, -0.15) is 0 Å². The van der Waals surface area contributed by atoms with E-state index in [-0.39, 0.29) is 18.9 Å². The highest BCUT2D eigenvalue weighted by Crippen LogP contribution is 1.90. The Morgan fingerprint density at radius 1 is 1.26 bits per heavy atom. The molecule has 0 bridgehead atoms. The van der Waals surface area contributed by atoms with Crippen LogP contribution in [0, 0.1) is 5.92 Å². The van der Waals surface area contributed by atoms with Crippen LogP contribution in [0.2, 0.25) is 0 Å². The average Bonchev–Trinajstić information content (AvgIpc) is 2.33. The lowest BCUT2D eigenvalue weighted by atomic mass is 10.2. The van der Waals surface area contributed by atoms with Gasteiger partial charge in [0, 0.05) is 13.1 Å². The van der Waals surface area contributed by atoms with Crippen molar-refractivity contribution in [3.63, 3.8) is 0 Å². The van der Waals surface area contributed by atoms with Crippen LogP contribution in [0.5, 0.6) is 0 Å². The fourth-order valence-corrected chi connectivity index (χ4v) is 1.22. The van der Waals surface area contributed by atoms with E-state index in [1.165, 1.54) is 7.11 Å². The van der Waals surface area contributed by atoms with E-state index in [1.54, 1.807) is 11.9 Å². The monoisotopic (exact) mass is 273 g/mol. The van der Waals surface area contributed by atoms with Gasteiger partial charge in [-0.3, -0.25) is 19.8 Å². The minimum absolute atomic E-state index is 0.0477. The second-order valence-corrected chi connectivity index (χ2v) is 4.72. The van der Waals surface area contributed by atoms with Crippen molar-refractivity contribution < 1.29 is 19.1 Å². The third-order valence-electron chi connectivity index (χ3n) is 2.26. The summed E-state index contributed by atoms with van der Waals surface area (Å²) < 4.78 is 4.49. The number of hydrogen-bond acceptors (Lipinski definition) is 5. The van der Waals surface area contributed by atoms with Gasteiger partial charge in [-0.05, 0) is 13.0 Å². The third kappa shape index (κ3) is 10.0. The molecule has 0 aromatic rings. The third-order valence-corrected chi connectivity index (χ3v) is 2.26. The van der Waals surface area contributed by atoms with Crippen molar-refractivity contribution in [2.75, 3.05) is 33.8 Å². The van der Waals surface area contributed by atoms with Crippen LogP contribution in [0.25, 0.3) is 0 Å². The average molecular weight is 273 g/mol. The highest BCUT2D eigenvalue weighted by atomic mass is 16.5. The maximum atomic E-state index is 11.5. The molecule has 7 heteroatoms. The summed E-state index contributed by atoms with van der Waals surface area (Å²) in [5.74, 6) is -0.417. The maximum absolute atomic E-state index is 11.5. The number of carbonyl (C=O) groups is 3. The van der Waals surface area contributed by atoms with Gasteiger partial charge in [0.15, 0.2) is 0 Å². The lowest BCUT2D eigenvalue weighted by Gasteiger charge is -2.15. The zero-order valence-electron chi connectivity index (χ0n) is 12.0. The lowest BCUT2D eigenvalue weighted by Crippen LogP contribution is -2.44. The number of rotatable bonds is 7. The van der Waals surface area contributed by atoms with Crippen molar-refractivity contribution in [1.82, 2.24) is 15.5 Å². The summed E-state index contributed by atoms with van der Waals surface area (Å²) in [4.78, 5) is 35.4. The van der Waals surface area contributed by atoms with Crippen molar-refractivity contribution in [3.8, 4) is 0 Å². The molecule has 110 valence electrons. The Hall–Kier alpha value is -1.63. The van der Waals surface area contributed by atoms with Gasteiger partial charge in [-0.25, -0.2) is 4.79 Å². The number of nitrogens with one attached hydrogen (secondary N) is 2. The summed E-state index contributed by atoms with van der Waals surface area (Å²) in [6.45, 7) is 4.88. The van der Waals surface area contributed by atoms with Gasteiger partial charge >= 0.3 is 12.0 Å². The molecule has 0 rings (SSSR count). The fraction of sp³-hybridized carbons (Fsp3) is 0.750. The van der Waals surface area contributed by atoms with Gasteiger partial charge in [0.05, 0.1) is 20.1 Å². The summed E-state index contributed by atoms with van der Waals surface area (Å²) in [6.07, 6.45) is 0.208. The molecule has 19 heavy (non-hydrogen) atoms. The van der Waals surface area contributed by atoms with Crippen LogP contribution < -0.4 is 10.6 Å². The SMILES string of the molecule is COC(=O)CCN(C)CC(=O)NC(=O)NCC(C)C. The predicted molar refractivity (Wildman–Crippen MR) is 70.5 cm³/mol. The van der Waals surface area contributed by atoms with Crippen molar-refractivity contribution in [1.29, 1.82) is 0 Å². The second kappa shape index (κ2) is 9.32. The molecule has 0 radical (unpaired) electrons. The van der Waals surface area contributed by atoms with Crippen molar-refractivity contribution in [2.24, 2.45) is 5.92 Å². The molecule has 0 atom stereocenters. The molecule has 0 aliphatic carbocycles. The Kier molecular flexibility index (Phi) is 8.52. The Morgan fingerprint density at radius 2 is 1.89 bits per heavy atom. The molecule has 0 aromatic carbocycles. The molecular weight excluding hydrogens is 250 g/mol. The van der Waals surface area contributed by atoms with Gasteiger partial charge < -0.3 is 10.1 Å². The lowest BCUT2D eigenvalue weighted by molar-refractivity contribution is -0.141. The Balaban J connectivity index is 3.84.